The fraction of sp³-hybridized carbons (Fsp3) is 0.368. The highest BCUT2D eigenvalue weighted by Gasteiger charge is 2.51. The second-order valence-electron chi connectivity index (χ2n) is 14.0. The number of likely N-dealkylation sites (tertiary alicyclic amines) is 1. The number of pyridine rings is 1. The van der Waals surface area contributed by atoms with Crippen LogP contribution in [0, 0.1) is 5.41 Å². The lowest BCUT2D eigenvalue weighted by Gasteiger charge is -2.29. The van der Waals surface area contributed by atoms with E-state index in [2.05, 4.69) is 60.7 Å². The van der Waals surface area contributed by atoms with Gasteiger partial charge in [-0.2, -0.15) is 5.10 Å². The van der Waals surface area contributed by atoms with E-state index >= 15 is 0 Å². The molecule has 50 heavy (non-hydrogen) atoms. The van der Waals surface area contributed by atoms with Crippen LogP contribution in [0.25, 0.3) is 39.0 Å². The van der Waals surface area contributed by atoms with Gasteiger partial charge in [-0.05, 0) is 75.1 Å². The van der Waals surface area contributed by atoms with Crippen LogP contribution in [0.3, 0.4) is 0 Å². The van der Waals surface area contributed by atoms with Gasteiger partial charge in [-0.1, -0.05) is 35.6 Å². The van der Waals surface area contributed by atoms with E-state index in [0.29, 0.717) is 38.6 Å². The molecule has 256 valence electrons. The van der Waals surface area contributed by atoms with Crippen molar-refractivity contribution in [2.75, 3.05) is 44.2 Å². The molecule has 3 aliphatic heterocycles. The van der Waals surface area contributed by atoms with Crippen molar-refractivity contribution in [2.24, 2.45) is 12.5 Å². The van der Waals surface area contributed by atoms with E-state index in [4.69, 9.17) is 4.74 Å². The predicted octanol–water partition coefficient (Wildman–Crippen LogP) is 4.95. The molecule has 0 radical (unpaired) electrons. The third-order valence-electron chi connectivity index (χ3n) is 10.2. The van der Waals surface area contributed by atoms with Gasteiger partial charge in [0.2, 0.25) is 17.7 Å². The maximum absolute atomic E-state index is 14.0. The summed E-state index contributed by atoms with van der Waals surface area (Å²) in [7, 11) is 1.86. The Bertz CT molecular complexity index is 2080. The average molecular weight is 672 g/mol. The number of nitrogens with zero attached hydrogens (tertiary/aromatic N) is 8. The lowest BCUT2D eigenvalue weighted by atomic mass is 9.85. The standard InChI is InChI=1S/C38H41N9O3/c1-25(2)50-34-11-8-29(21-39-34)36-31-20-30(9-10-32(31)40-42-36)47-19-15-38(37(47)49)14-18-45(24-38)23-35(48)46-16-12-27(13-17-46)26-4-6-28(7-5-26)33-22-44(3)43-41-33/h4-12,20-22,25H,13-19,23-24H2,1-3H3,(H,40,42)/t38-/m0/s1. The van der Waals surface area contributed by atoms with Crippen LogP contribution in [0.2, 0.25) is 0 Å². The maximum atomic E-state index is 14.0. The van der Waals surface area contributed by atoms with Crippen molar-refractivity contribution in [3.63, 3.8) is 0 Å². The van der Waals surface area contributed by atoms with Crippen molar-refractivity contribution in [3.05, 3.63) is 78.6 Å². The van der Waals surface area contributed by atoms with E-state index in [1.54, 1.807) is 10.9 Å². The van der Waals surface area contributed by atoms with Crippen LogP contribution in [-0.2, 0) is 16.6 Å². The predicted molar refractivity (Wildman–Crippen MR) is 191 cm³/mol. The first kappa shape index (κ1) is 31.9. The molecule has 6 heterocycles. The summed E-state index contributed by atoms with van der Waals surface area (Å²) in [6, 6.07) is 18.2. The van der Waals surface area contributed by atoms with E-state index in [1.807, 2.05) is 67.2 Å². The van der Waals surface area contributed by atoms with E-state index in [1.165, 1.54) is 11.1 Å². The molecule has 12 nitrogen and oxygen atoms in total. The second-order valence-corrected chi connectivity index (χ2v) is 14.0. The van der Waals surface area contributed by atoms with E-state index in [0.717, 1.165) is 64.9 Å². The number of ether oxygens (including phenoxy) is 1. The average Bonchev–Trinajstić information content (AvgIpc) is 3.92. The smallest absolute Gasteiger partial charge is 0.237 e. The quantitative estimate of drug-likeness (QED) is 0.246. The highest BCUT2D eigenvalue weighted by molar-refractivity contribution is 6.03. The van der Waals surface area contributed by atoms with Gasteiger partial charge in [-0.25, -0.2) is 4.98 Å². The Morgan fingerprint density at radius 2 is 1.80 bits per heavy atom. The first-order valence-electron chi connectivity index (χ1n) is 17.3. The Labute approximate surface area is 290 Å². The van der Waals surface area contributed by atoms with Gasteiger partial charge in [-0.15, -0.1) is 5.10 Å². The SMILES string of the molecule is CC(C)Oc1ccc(-c2n[nH]c3ccc(N4CC[C@]5(CCN(CC(=O)N6CC=C(c7ccc(-c8cn(C)nn8)cc7)CC6)C5)C4=O)cc23)cn1. The number of carbonyl (C=O) groups excluding carboxylic acids is 2. The number of rotatable bonds is 8. The minimum absolute atomic E-state index is 0.0455. The summed E-state index contributed by atoms with van der Waals surface area (Å²) in [5, 5.41) is 16.8. The van der Waals surface area contributed by atoms with E-state index < -0.39 is 5.41 Å². The van der Waals surface area contributed by atoms with Crippen LogP contribution < -0.4 is 9.64 Å². The fourth-order valence-corrected chi connectivity index (χ4v) is 7.54. The molecule has 1 atom stereocenters. The maximum Gasteiger partial charge on any atom is 0.237 e. The Balaban J connectivity index is 0.889. The molecule has 1 N–H and O–H groups in total. The highest BCUT2D eigenvalue weighted by atomic mass is 16.5. The Morgan fingerprint density at radius 3 is 2.52 bits per heavy atom. The lowest BCUT2D eigenvalue weighted by molar-refractivity contribution is -0.132. The van der Waals surface area contributed by atoms with Crippen LogP contribution in [0.1, 0.15) is 38.7 Å². The number of aromatic amines is 1. The number of nitrogens with one attached hydrogen (secondary N) is 1. The van der Waals surface area contributed by atoms with E-state index in [-0.39, 0.29) is 17.9 Å². The molecule has 0 saturated carbocycles. The van der Waals surface area contributed by atoms with Gasteiger partial charge in [0.1, 0.15) is 11.4 Å². The monoisotopic (exact) mass is 671 g/mol. The normalized spacial score (nSPS) is 19.7. The van der Waals surface area contributed by atoms with Crippen molar-refractivity contribution in [2.45, 2.75) is 39.2 Å². The number of aryl methyl sites for hydroxylation is 1. The van der Waals surface area contributed by atoms with Gasteiger partial charge < -0.3 is 14.5 Å². The van der Waals surface area contributed by atoms with Crippen LogP contribution in [0.5, 0.6) is 5.88 Å². The molecular formula is C38H41N9O3. The second kappa shape index (κ2) is 12.8. The first-order valence-corrected chi connectivity index (χ1v) is 17.3. The number of aromatic nitrogens is 6. The first-order chi connectivity index (χ1) is 24.2. The minimum Gasteiger partial charge on any atom is -0.475 e. The zero-order valence-corrected chi connectivity index (χ0v) is 28.7. The number of fused-ring (bicyclic) bond motifs is 1. The Kier molecular flexibility index (Phi) is 8.18. The molecular weight excluding hydrogens is 630 g/mol. The Hall–Kier alpha value is -5.36. The summed E-state index contributed by atoms with van der Waals surface area (Å²) < 4.78 is 7.40. The zero-order chi connectivity index (χ0) is 34.4. The summed E-state index contributed by atoms with van der Waals surface area (Å²) in [6.45, 7) is 7.56. The topological polar surface area (TPSA) is 125 Å². The molecule has 1 spiro atoms. The molecule has 0 unspecified atom stereocenters. The minimum atomic E-state index is -0.461. The molecule has 8 rings (SSSR count). The lowest BCUT2D eigenvalue weighted by Crippen LogP contribution is -2.43. The molecule has 2 amide bonds. The molecule has 0 bridgehead atoms. The highest BCUT2D eigenvalue weighted by Crippen LogP contribution is 2.43. The summed E-state index contributed by atoms with van der Waals surface area (Å²) in [6.07, 6.45) is 8.23. The Morgan fingerprint density at radius 1 is 1.00 bits per heavy atom. The van der Waals surface area contributed by atoms with Crippen LogP contribution in [-0.4, -0.2) is 97.2 Å². The number of hydrogen-bond acceptors (Lipinski definition) is 8. The van der Waals surface area contributed by atoms with Crippen LogP contribution >= 0.6 is 0 Å². The number of carbonyl (C=O) groups is 2. The number of benzene rings is 2. The number of anilines is 1. The summed E-state index contributed by atoms with van der Waals surface area (Å²) >= 11 is 0. The van der Waals surface area contributed by atoms with Crippen molar-refractivity contribution < 1.29 is 14.3 Å². The van der Waals surface area contributed by atoms with Gasteiger partial charge in [0.05, 0.1) is 29.8 Å². The van der Waals surface area contributed by atoms with Gasteiger partial charge in [0, 0.05) is 67.7 Å². The molecule has 12 heteroatoms. The van der Waals surface area contributed by atoms with Crippen molar-refractivity contribution >= 4 is 34.0 Å². The molecule has 5 aromatic rings. The van der Waals surface area contributed by atoms with Crippen LogP contribution in [0.15, 0.2) is 73.1 Å². The van der Waals surface area contributed by atoms with Crippen molar-refractivity contribution in [1.82, 2.24) is 40.0 Å². The fourth-order valence-electron chi connectivity index (χ4n) is 7.54. The molecule has 2 aromatic carbocycles. The number of H-pyrrole nitrogens is 1. The summed E-state index contributed by atoms with van der Waals surface area (Å²) in [4.78, 5) is 37.9. The zero-order valence-electron chi connectivity index (χ0n) is 28.7. The van der Waals surface area contributed by atoms with Gasteiger partial charge in [0.25, 0.3) is 0 Å². The molecule has 3 aliphatic rings. The molecule has 0 aliphatic carbocycles. The van der Waals surface area contributed by atoms with Gasteiger partial charge >= 0.3 is 0 Å². The number of amides is 2. The molecule has 2 fully saturated rings. The van der Waals surface area contributed by atoms with Gasteiger partial charge in [-0.3, -0.25) is 24.3 Å². The van der Waals surface area contributed by atoms with Crippen molar-refractivity contribution in [1.29, 1.82) is 0 Å². The molecule has 3 aromatic heterocycles. The van der Waals surface area contributed by atoms with Crippen molar-refractivity contribution in [3.8, 4) is 28.4 Å². The largest absolute Gasteiger partial charge is 0.475 e. The third-order valence-corrected chi connectivity index (χ3v) is 10.2. The van der Waals surface area contributed by atoms with Gasteiger partial charge in [0.15, 0.2) is 0 Å². The molecule has 2 saturated heterocycles. The van der Waals surface area contributed by atoms with E-state index in [9.17, 15) is 9.59 Å². The van der Waals surface area contributed by atoms with Crippen LogP contribution in [0.4, 0.5) is 5.69 Å². The number of hydrogen-bond donors (Lipinski definition) is 1. The summed E-state index contributed by atoms with van der Waals surface area (Å²) in [5.41, 5.74) is 7.26. The summed E-state index contributed by atoms with van der Waals surface area (Å²) in [5.74, 6) is 0.836. The third kappa shape index (κ3) is 6.04.